The third-order valence-electron chi connectivity index (χ3n) is 3.47. The number of thiophene rings is 1. The second-order valence-electron chi connectivity index (χ2n) is 4.87. The second kappa shape index (κ2) is 8.56. The molecule has 1 N–H and O–H groups in total. The molecule has 0 saturated carbocycles. The van der Waals surface area contributed by atoms with Crippen LogP contribution in [0.2, 0.25) is 0 Å². The molecule has 0 spiro atoms. The van der Waals surface area contributed by atoms with E-state index in [2.05, 4.69) is 34.0 Å². The van der Waals surface area contributed by atoms with E-state index < -0.39 is 0 Å². The molecule has 2 rings (SSSR count). The van der Waals surface area contributed by atoms with Gasteiger partial charge in [0.25, 0.3) is 0 Å². The summed E-state index contributed by atoms with van der Waals surface area (Å²) in [6, 6.07) is 2.53. The molecule has 108 valence electrons. The van der Waals surface area contributed by atoms with E-state index in [1.807, 2.05) is 0 Å². The van der Waals surface area contributed by atoms with E-state index in [0.29, 0.717) is 18.4 Å². The molecule has 1 unspecified atom stereocenters. The number of rotatable bonds is 6. The van der Waals surface area contributed by atoms with Crippen molar-refractivity contribution in [2.24, 2.45) is 0 Å². The summed E-state index contributed by atoms with van der Waals surface area (Å²) < 4.78 is 0. The van der Waals surface area contributed by atoms with Crippen LogP contribution >= 0.6 is 23.7 Å². The summed E-state index contributed by atoms with van der Waals surface area (Å²) in [4.78, 5) is 14.4. The predicted octanol–water partition coefficient (Wildman–Crippen LogP) is 2.70. The van der Waals surface area contributed by atoms with Gasteiger partial charge >= 0.3 is 0 Å². The fraction of sp³-hybridized carbons (Fsp3) is 0.643. The van der Waals surface area contributed by atoms with Gasteiger partial charge in [-0.1, -0.05) is 6.92 Å². The highest BCUT2D eigenvalue weighted by molar-refractivity contribution is 7.07. The van der Waals surface area contributed by atoms with Crippen LogP contribution in [0.5, 0.6) is 0 Å². The normalized spacial score (nSPS) is 18.1. The molecular formula is C14H23ClN2OS. The Morgan fingerprint density at radius 3 is 3.00 bits per heavy atom. The largest absolute Gasteiger partial charge is 0.338 e. The molecule has 1 aromatic rings. The number of amides is 1. The fourth-order valence-corrected chi connectivity index (χ4v) is 3.19. The minimum atomic E-state index is 0. The van der Waals surface area contributed by atoms with Crippen LogP contribution in [0.3, 0.4) is 0 Å². The van der Waals surface area contributed by atoms with E-state index in [0.717, 1.165) is 38.9 Å². The molecule has 3 nitrogen and oxygen atoms in total. The average Bonchev–Trinajstić information content (AvgIpc) is 3.05. The van der Waals surface area contributed by atoms with Crippen LogP contribution in [0.4, 0.5) is 0 Å². The Hall–Kier alpha value is -0.580. The molecule has 1 saturated heterocycles. The van der Waals surface area contributed by atoms with Crippen LogP contribution in [0.1, 0.15) is 31.7 Å². The summed E-state index contributed by atoms with van der Waals surface area (Å²) in [6.07, 6.45) is 3.67. The first-order chi connectivity index (χ1) is 8.81. The molecule has 0 aliphatic carbocycles. The van der Waals surface area contributed by atoms with Gasteiger partial charge in [0.15, 0.2) is 0 Å². The van der Waals surface area contributed by atoms with E-state index in [1.165, 1.54) is 5.56 Å². The standard InChI is InChI=1S/C14H22N2OS.ClH/c1-2-8-16(13-5-7-15-10-13)14(17)4-3-12-6-9-18-11-12;/h6,9,11,13,15H,2-5,7-8,10H2,1H3;1H. The maximum Gasteiger partial charge on any atom is 0.223 e. The number of nitrogens with zero attached hydrogens (tertiary/aromatic N) is 1. The predicted molar refractivity (Wildman–Crippen MR) is 83.2 cm³/mol. The fourth-order valence-electron chi connectivity index (χ4n) is 2.49. The monoisotopic (exact) mass is 302 g/mol. The van der Waals surface area contributed by atoms with Gasteiger partial charge in [0.1, 0.15) is 0 Å². The summed E-state index contributed by atoms with van der Waals surface area (Å²) in [5.41, 5.74) is 1.29. The van der Waals surface area contributed by atoms with E-state index in [-0.39, 0.29) is 12.4 Å². The lowest BCUT2D eigenvalue weighted by atomic mass is 10.1. The van der Waals surface area contributed by atoms with Gasteiger partial charge in [0.05, 0.1) is 0 Å². The van der Waals surface area contributed by atoms with Crippen LogP contribution in [-0.2, 0) is 11.2 Å². The zero-order valence-electron chi connectivity index (χ0n) is 11.4. The zero-order chi connectivity index (χ0) is 12.8. The van der Waals surface area contributed by atoms with Crippen molar-refractivity contribution >= 4 is 29.7 Å². The van der Waals surface area contributed by atoms with Crippen molar-refractivity contribution in [1.82, 2.24) is 10.2 Å². The molecule has 1 aromatic heterocycles. The lowest BCUT2D eigenvalue weighted by Crippen LogP contribution is -2.42. The minimum Gasteiger partial charge on any atom is -0.338 e. The van der Waals surface area contributed by atoms with Crippen molar-refractivity contribution < 1.29 is 4.79 Å². The Labute approximate surface area is 125 Å². The first-order valence-electron chi connectivity index (χ1n) is 6.82. The van der Waals surface area contributed by atoms with Crippen molar-refractivity contribution in [1.29, 1.82) is 0 Å². The van der Waals surface area contributed by atoms with E-state index in [1.54, 1.807) is 11.3 Å². The summed E-state index contributed by atoms with van der Waals surface area (Å²) >= 11 is 1.70. The number of carbonyl (C=O) groups excluding carboxylic acids is 1. The van der Waals surface area contributed by atoms with Crippen molar-refractivity contribution in [3.63, 3.8) is 0 Å². The minimum absolute atomic E-state index is 0. The Kier molecular flexibility index (Phi) is 7.42. The van der Waals surface area contributed by atoms with Gasteiger partial charge in [-0.2, -0.15) is 11.3 Å². The first kappa shape index (κ1) is 16.5. The molecule has 19 heavy (non-hydrogen) atoms. The highest BCUT2D eigenvalue weighted by atomic mass is 35.5. The van der Waals surface area contributed by atoms with Gasteiger partial charge < -0.3 is 10.2 Å². The number of hydrogen-bond acceptors (Lipinski definition) is 3. The van der Waals surface area contributed by atoms with Gasteiger partial charge in [-0.05, 0) is 48.2 Å². The number of nitrogens with one attached hydrogen (secondary N) is 1. The molecule has 0 bridgehead atoms. The van der Waals surface area contributed by atoms with E-state index in [4.69, 9.17) is 0 Å². The molecule has 5 heteroatoms. The molecule has 1 aliphatic rings. The van der Waals surface area contributed by atoms with Gasteiger partial charge in [0.2, 0.25) is 5.91 Å². The maximum absolute atomic E-state index is 12.3. The summed E-state index contributed by atoms with van der Waals surface area (Å²) in [6.45, 7) is 5.04. The van der Waals surface area contributed by atoms with Crippen LogP contribution in [-0.4, -0.2) is 36.5 Å². The molecule has 0 radical (unpaired) electrons. The number of carbonyl (C=O) groups is 1. The zero-order valence-corrected chi connectivity index (χ0v) is 13.1. The number of hydrogen-bond donors (Lipinski definition) is 1. The lowest BCUT2D eigenvalue weighted by Gasteiger charge is -2.28. The Morgan fingerprint density at radius 1 is 1.58 bits per heavy atom. The summed E-state index contributed by atoms with van der Waals surface area (Å²) in [5.74, 6) is 0.316. The Bertz CT molecular complexity index is 364. The van der Waals surface area contributed by atoms with Crippen LogP contribution in [0.25, 0.3) is 0 Å². The van der Waals surface area contributed by atoms with Crippen LogP contribution < -0.4 is 5.32 Å². The smallest absolute Gasteiger partial charge is 0.223 e. The summed E-state index contributed by atoms with van der Waals surface area (Å²) in [5, 5.41) is 7.55. The van der Waals surface area contributed by atoms with E-state index >= 15 is 0 Å². The second-order valence-corrected chi connectivity index (χ2v) is 5.65. The number of aryl methyl sites for hydroxylation is 1. The topological polar surface area (TPSA) is 32.3 Å². The van der Waals surface area contributed by atoms with Gasteiger partial charge in [-0.25, -0.2) is 0 Å². The highest BCUT2D eigenvalue weighted by Crippen LogP contribution is 2.14. The van der Waals surface area contributed by atoms with Crippen molar-refractivity contribution in [2.45, 2.75) is 38.6 Å². The van der Waals surface area contributed by atoms with Crippen LogP contribution in [0, 0.1) is 0 Å². The van der Waals surface area contributed by atoms with Crippen LogP contribution in [0.15, 0.2) is 16.8 Å². The maximum atomic E-state index is 12.3. The Morgan fingerprint density at radius 2 is 2.42 bits per heavy atom. The van der Waals surface area contributed by atoms with Gasteiger partial charge in [0, 0.05) is 25.6 Å². The van der Waals surface area contributed by atoms with Gasteiger partial charge in [-0.3, -0.25) is 4.79 Å². The number of halogens is 1. The third-order valence-corrected chi connectivity index (χ3v) is 4.20. The molecule has 2 heterocycles. The SMILES string of the molecule is CCCN(C(=O)CCc1ccsc1)C1CCNC1.Cl. The molecule has 1 aliphatic heterocycles. The van der Waals surface area contributed by atoms with Gasteiger partial charge in [-0.15, -0.1) is 12.4 Å². The highest BCUT2D eigenvalue weighted by Gasteiger charge is 2.25. The molecule has 1 atom stereocenters. The molecule has 0 aromatic carbocycles. The molecule has 1 amide bonds. The first-order valence-corrected chi connectivity index (χ1v) is 7.76. The third kappa shape index (κ3) is 4.79. The quantitative estimate of drug-likeness (QED) is 0.876. The van der Waals surface area contributed by atoms with Crippen molar-refractivity contribution in [3.8, 4) is 0 Å². The summed E-state index contributed by atoms with van der Waals surface area (Å²) in [7, 11) is 0. The van der Waals surface area contributed by atoms with Crippen molar-refractivity contribution in [3.05, 3.63) is 22.4 Å². The lowest BCUT2D eigenvalue weighted by molar-refractivity contribution is -0.133. The average molecular weight is 303 g/mol. The van der Waals surface area contributed by atoms with Crippen molar-refractivity contribution in [2.75, 3.05) is 19.6 Å². The van der Waals surface area contributed by atoms with E-state index in [9.17, 15) is 4.79 Å². The molecular weight excluding hydrogens is 280 g/mol. The Balaban J connectivity index is 0.00000180. The molecule has 1 fully saturated rings.